The van der Waals surface area contributed by atoms with E-state index < -0.39 is 0 Å². The van der Waals surface area contributed by atoms with Crippen LogP contribution in [0.1, 0.15) is 38.2 Å². The zero-order valence-corrected chi connectivity index (χ0v) is 13.0. The maximum Gasteiger partial charge on any atom is 0.160 e. The van der Waals surface area contributed by atoms with Crippen molar-refractivity contribution in [3.63, 3.8) is 0 Å². The molecular formula is C17H28NO2+. The summed E-state index contributed by atoms with van der Waals surface area (Å²) >= 11 is 0. The van der Waals surface area contributed by atoms with Gasteiger partial charge in [-0.15, -0.1) is 0 Å². The average molecular weight is 278 g/mol. The number of quaternary nitrogens is 1. The Bertz CT molecular complexity index is 419. The van der Waals surface area contributed by atoms with Crippen LogP contribution in [0, 0.1) is 5.92 Å². The van der Waals surface area contributed by atoms with Crippen LogP contribution >= 0.6 is 0 Å². The van der Waals surface area contributed by atoms with Crippen LogP contribution in [-0.2, 0) is 6.42 Å². The summed E-state index contributed by atoms with van der Waals surface area (Å²) < 4.78 is 10.6. The Labute approximate surface area is 122 Å². The molecule has 1 aliphatic carbocycles. The van der Waals surface area contributed by atoms with E-state index in [1.807, 2.05) is 6.07 Å². The van der Waals surface area contributed by atoms with Gasteiger partial charge in [0.25, 0.3) is 0 Å². The molecule has 0 aliphatic heterocycles. The van der Waals surface area contributed by atoms with Gasteiger partial charge in [-0.25, -0.2) is 0 Å². The predicted molar refractivity (Wildman–Crippen MR) is 81.5 cm³/mol. The molecule has 1 saturated carbocycles. The highest BCUT2D eigenvalue weighted by atomic mass is 16.5. The Morgan fingerprint density at radius 3 is 2.65 bits per heavy atom. The number of hydrogen-bond acceptors (Lipinski definition) is 2. The first-order chi connectivity index (χ1) is 9.72. The van der Waals surface area contributed by atoms with Gasteiger partial charge in [0.15, 0.2) is 11.5 Å². The lowest BCUT2D eigenvalue weighted by molar-refractivity contribution is -0.692. The summed E-state index contributed by atoms with van der Waals surface area (Å²) in [5.41, 5.74) is 1.32. The summed E-state index contributed by atoms with van der Waals surface area (Å²) in [6, 6.07) is 7.06. The molecule has 1 aliphatic rings. The van der Waals surface area contributed by atoms with Crippen LogP contribution in [-0.4, -0.2) is 26.8 Å². The van der Waals surface area contributed by atoms with Gasteiger partial charge in [-0.1, -0.05) is 19.4 Å². The molecule has 2 N–H and O–H groups in total. The van der Waals surface area contributed by atoms with Gasteiger partial charge in [-0.2, -0.15) is 0 Å². The minimum Gasteiger partial charge on any atom is -0.493 e. The van der Waals surface area contributed by atoms with Crippen LogP contribution in [0.4, 0.5) is 0 Å². The van der Waals surface area contributed by atoms with Crippen molar-refractivity contribution >= 4 is 0 Å². The molecule has 1 aromatic carbocycles. The lowest BCUT2D eigenvalue weighted by atomic mass is 9.87. The summed E-state index contributed by atoms with van der Waals surface area (Å²) in [7, 11) is 3.37. The molecule has 0 aromatic heterocycles. The highest BCUT2D eigenvalue weighted by Gasteiger charge is 2.20. The van der Waals surface area contributed by atoms with Crippen LogP contribution in [0.2, 0.25) is 0 Å². The van der Waals surface area contributed by atoms with Crippen molar-refractivity contribution in [2.45, 2.75) is 45.1 Å². The average Bonchev–Trinajstić information content (AvgIpc) is 2.47. The number of hydrogen-bond donors (Lipinski definition) is 1. The molecule has 20 heavy (non-hydrogen) atoms. The Hall–Kier alpha value is -1.22. The normalized spacial score (nSPS) is 22.6. The Morgan fingerprint density at radius 2 is 1.95 bits per heavy atom. The second kappa shape index (κ2) is 7.53. The van der Waals surface area contributed by atoms with Crippen molar-refractivity contribution in [2.75, 3.05) is 20.8 Å². The maximum atomic E-state index is 5.35. The van der Waals surface area contributed by atoms with Gasteiger partial charge in [-0.05, 0) is 36.5 Å². The summed E-state index contributed by atoms with van der Waals surface area (Å²) in [4.78, 5) is 0. The van der Waals surface area contributed by atoms with Gasteiger partial charge < -0.3 is 14.8 Å². The minimum atomic E-state index is 0.807. The van der Waals surface area contributed by atoms with E-state index in [1.165, 1.54) is 31.2 Å². The molecule has 1 fully saturated rings. The largest absolute Gasteiger partial charge is 0.493 e. The lowest BCUT2D eigenvalue weighted by Gasteiger charge is -2.24. The third-order valence-electron chi connectivity index (χ3n) is 4.36. The Kier molecular flexibility index (Phi) is 5.72. The second-order valence-corrected chi connectivity index (χ2v) is 6.00. The molecule has 0 unspecified atom stereocenters. The zero-order chi connectivity index (χ0) is 14.4. The fourth-order valence-electron chi connectivity index (χ4n) is 3.22. The van der Waals surface area contributed by atoms with Crippen molar-refractivity contribution in [1.82, 2.24) is 0 Å². The third kappa shape index (κ3) is 4.14. The molecule has 112 valence electrons. The third-order valence-corrected chi connectivity index (χ3v) is 4.36. The molecule has 0 heterocycles. The van der Waals surface area contributed by atoms with Gasteiger partial charge in [0.2, 0.25) is 0 Å². The molecular weight excluding hydrogens is 250 g/mol. The first-order valence-electron chi connectivity index (χ1n) is 7.77. The highest BCUT2D eigenvalue weighted by molar-refractivity contribution is 5.42. The topological polar surface area (TPSA) is 35.1 Å². The predicted octanol–water partition coefficient (Wildman–Crippen LogP) is 2.39. The van der Waals surface area contributed by atoms with E-state index in [1.54, 1.807) is 14.2 Å². The summed E-state index contributed by atoms with van der Waals surface area (Å²) in [5, 5.41) is 2.53. The number of methoxy groups -OCH3 is 2. The van der Waals surface area contributed by atoms with Gasteiger partial charge in [-0.3, -0.25) is 0 Å². The molecule has 2 atom stereocenters. The first-order valence-corrected chi connectivity index (χ1v) is 7.77. The summed E-state index contributed by atoms with van der Waals surface area (Å²) in [6.07, 6.45) is 6.67. The van der Waals surface area contributed by atoms with Gasteiger partial charge in [0, 0.05) is 12.8 Å². The monoisotopic (exact) mass is 278 g/mol. The fourth-order valence-corrected chi connectivity index (χ4v) is 3.22. The van der Waals surface area contributed by atoms with Crippen LogP contribution in [0.25, 0.3) is 0 Å². The van der Waals surface area contributed by atoms with Crippen LogP contribution in [0.5, 0.6) is 11.5 Å². The molecule has 3 heteroatoms. The van der Waals surface area contributed by atoms with Crippen molar-refractivity contribution in [2.24, 2.45) is 5.92 Å². The van der Waals surface area contributed by atoms with Gasteiger partial charge in [0.05, 0.1) is 26.8 Å². The van der Waals surface area contributed by atoms with E-state index in [0.29, 0.717) is 0 Å². The molecule has 2 rings (SSSR count). The van der Waals surface area contributed by atoms with Crippen molar-refractivity contribution in [3.05, 3.63) is 23.8 Å². The molecule has 0 radical (unpaired) electrons. The summed E-state index contributed by atoms with van der Waals surface area (Å²) in [5.74, 6) is 2.55. The number of rotatable bonds is 6. The molecule has 0 spiro atoms. The SMILES string of the molecule is COc1ccc(CC[NH2+][C@H]2CCC[C@@H](C)C2)cc1OC. The number of benzene rings is 1. The van der Waals surface area contributed by atoms with Crippen LogP contribution in [0.3, 0.4) is 0 Å². The van der Waals surface area contributed by atoms with Crippen molar-refractivity contribution in [1.29, 1.82) is 0 Å². The standard InChI is InChI=1S/C17H27NO2/c1-13-5-4-6-15(11-13)18-10-9-14-7-8-16(19-2)17(12-14)20-3/h7-8,12-13,15,18H,4-6,9-11H2,1-3H3/p+1/t13-,15+/m1/s1. The van der Waals surface area contributed by atoms with Crippen LogP contribution in [0.15, 0.2) is 18.2 Å². The van der Waals surface area contributed by atoms with E-state index in [2.05, 4.69) is 24.4 Å². The smallest absolute Gasteiger partial charge is 0.160 e. The summed E-state index contributed by atoms with van der Waals surface area (Å²) in [6.45, 7) is 3.54. The van der Waals surface area contributed by atoms with E-state index in [4.69, 9.17) is 9.47 Å². The number of nitrogens with two attached hydrogens (primary N) is 1. The quantitative estimate of drug-likeness (QED) is 0.867. The zero-order valence-electron chi connectivity index (χ0n) is 13.0. The van der Waals surface area contributed by atoms with Gasteiger partial charge >= 0.3 is 0 Å². The van der Waals surface area contributed by atoms with Crippen molar-refractivity contribution < 1.29 is 14.8 Å². The molecule has 0 bridgehead atoms. The Balaban J connectivity index is 1.81. The lowest BCUT2D eigenvalue weighted by Crippen LogP contribution is -2.90. The molecule has 0 saturated heterocycles. The van der Waals surface area contributed by atoms with Gasteiger partial charge in [0.1, 0.15) is 0 Å². The van der Waals surface area contributed by atoms with E-state index in [9.17, 15) is 0 Å². The molecule has 0 amide bonds. The van der Waals surface area contributed by atoms with E-state index in [-0.39, 0.29) is 0 Å². The highest BCUT2D eigenvalue weighted by Crippen LogP contribution is 2.27. The molecule has 1 aromatic rings. The maximum absolute atomic E-state index is 5.35. The molecule has 3 nitrogen and oxygen atoms in total. The first kappa shape index (κ1) is 15.2. The van der Waals surface area contributed by atoms with Crippen molar-refractivity contribution in [3.8, 4) is 11.5 Å². The van der Waals surface area contributed by atoms with E-state index >= 15 is 0 Å². The Morgan fingerprint density at radius 1 is 1.15 bits per heavy atom. The fraction of sp³-hybridized carbons (Fsp3) is 0.647. The minimum absolute atomic E-state index is 0.807. The second-order valence-electron chi connectivity index (χ2n) is 6.00. The van der Waals surface area contributed by atoms with E-state index in [0.717, 1.165) is 36.4 Å². The number of ether oxygens (including phenoxy) is 2. The van der Waals surface area contributed by atoms with Crippen LogP contribution < -0.4 is 14.8 Å².